The Morgan fingerprint density at radius 3 is 2.68 bits per heavy atom. The monoisotopic (exact) mass is 646 g/mol. The summed E-state index contributed by atoms with van der Waals surface area (Å²) in [6.45, 7) is 8.54. The SMILES string of the molecule is C=CC(=O)N1CCN(C2=NC3OC(C)c4nccc(SC)c4N3c3nc(-c4c(F)cccc4C(F)(F)F)c(Cl)cc32)[C@@H](C)C1. The number of aromatic nitrogens is 2. The van der Waals surface area contributed by atoms with Crippen molar-refractivity contribution in [3.05, 3.63) is 76.8 Å². The first kappa shape index (κ1) is 30.4. The van der Waals surface area contributed by atoms with Gasteiger partial charge in [0, 0.05) is 42.3 Å². The van der Waals surface area contributed by atoms with E-state index >= 15 is 4.39 Å². The number of piperazine rings is 1. The van der Waals surface area contributed by atoms with E-state index < -0.39 is 35.6 Å². The van der Waals surface area contributed by atoms with Gasteiger partial charge >= 0.3 is 6.18 Å². The van der Waals surface area contributed by atoms with Crippen molar-refractivity contribution < 1.29 is 27.1 Å². The second-order valence-corrected chi connectivity index (χ2v) is 11.8. The summed E-state index contributed by atoms with van der Waals surface area (Å²) >= 11 is 8.13. The van der Waals surface area contributed by atoms with Crippen molar-refractivity contribution in [2.24, 2.45) is 4.99 Å². The average Bonchev–Trinajstić information content (AvgIpc) is 2.99. The number of halogens is 5. The number of hydrogen-bond acceptors (Lipinski definition) is 8. The van der Waals surface area contributed by atoms with Crippen LogP contribution < -0.4 is 4.90 Å². The van der Waals surface area contributed by atoms with Crippen LogP contribution in [0.5, 0.6) is 0 Å². The van der Waals surface area contributed by atoms with E-state index in [0.717, 1.165) is 23.1 Å². The van der Waals surface area contributed by atoms with Gasteiger partial charge in [-0.25, -0.2) is 14.4 Å². The molecule has 1 amide bonds. The van der Waals surface area contributed by atoms with E-state index in [0.29, 0.717) is 42.4 Å². The molecular weight excluding hydrogens is 620 g/mol. The van der Waals surface area contributed by atoms with Crippen molar-refractivity contribution >= 4 is 46.6 Å². The Morgan fingerprint density at radius 2 is 2.00 bits per heavy atom. The van der Waals surface area contributed by atoms with Gasteiger partial charge in [-0.2, -0.15) is 13.2 Å². The third-order valence-electron chi connectivity index (χ3n) is 7.91. The van der Waals surface area contributed by atoms with Crippen molar-refractivity contribution in [1.82, 2.24) is 19.8 Å². The summed E-state index contributed by atoms with van der Waals surface area (Å²) in [5, 5.41) is -0.179. The Bertz CT molecular complexity index is 1700. The molecule has 1 fully saturated rings. The number of fused-ring (bicyclic) bond motifs is 5. The molecular formula is C30H27ClF4N6O2S. The van der Waals surface area contributed by atoms with Gasteiger partial charge in [-0.3, -0.25) is 14.7 Å². The maximum Gasteiger partial charge on any atom is 0.417 e. The van der Waals surface area contributed by atoms with E-state index in [1.165, 1.54) is 23.9 Å². The molecule has 3 aliphatic rings. The number of amides is 1. The predicted octanol–water partition coefficient (Wildman–Crippen LogP) is 6.67. The zero-order valence-electron chi connectivity index (χ0n) is 23.9. The fourth-order valence-corrected chi connectivity index (χ4v) is 6.72. The van der Waals surface area contributed by atoms with E-state index in [4.69, 9.17) is 21.3 Å². The average molecular weight is 647 g/mol. The molecule has 230 valence electrons. The first-order chi connectivity index (χ1) is 20.9. The van der Waals surface area contributed by atoms with E-state index in [-0.39, 0.29) is 28.5 Å². The number of carbonyl (C=O) groups is 1. The highest BCUT2D eigenvalue weighted by molar-refractivity contribution is 7.98. The molecule has 0 aliphatic carbocycles. The van der Waals surface area contributed by atoms with Crippen LogP contribution in [0.15, 0.2) is 59.1 Å². The molecule has 0 bridgehead atoms. The van der Waals surface area contributed by atoms with Gasteiger partial charge in [0.05, 0.1) is 33.2 Å². The Morgan fingerprint density at radius 1 is 1.23 bits per heavy atom. The Balaban J connectivity index is 1.58. The number of ether oxygens (including phenoxy) is 1. The van der Waals surface area contributed by atoms with Gasteiger partial charge in [0.1, 0.15) is 23.6 Å². The maximum atomic E-state index is 15.2. The summed E-state index contributed by atoms with van der Waals surface area (Å²) in [6.07, 6.45) is -1.48. The standard InChI is InChI=1S/C30H27ClF4N6O2S/c1-5-22(42)39-11-12-40(15(2)14-39)27-17-13-19(31)25(23-18(30(33,34)35)7-6-8-20(23)32)37-28(17)41-26-21(44-4)9-10-36-24(26)16(3)43-29(41)38-27/h5-10,13,15-16,29H,1,11-12,14H2,2-4H3/t15-,16?,29?/m0/s1. The molecule has 1 saturated heterocycles. The third-order valence-corrected chi connectivity index (χ3v) is 8.96. The minimum Gasteiger partial charge on any atom is -0.350 e. The first-order valence-electron chi connectivity index (χ1n) is 13.7. The van der Waals surface area contributed by atoms with Crippen LogP contribution >= 0.6 is 23.4 Å². The number of hydrogen-bond donors (Lipinski definition) is 0. The highest BCUT2D eigenvalue weighted by Crippen LogP contribution is 2.49. The second-order valence-electron chi connectivity index (χ2n) is 10.6. The van der Waals surface area contributed by atoms with Crippen molar-refractivity contribution in [2.75, 3.05) is 30.8 Å². The molecule has 2 aromatic heterocycles. The van der Waals surface area contributed by atoms with Gasteiger partial charge in [0.25, 0.3) is 0 Å². The highest BCUT2D eigenvalue weighted by atomic mass is 35.5. The zero-order chi connectivity index (χ0) is 31.5. The molecule has 3 aliphatic heterocycles. The fourth-order valence-electron chi connectivity index (χ4n) is 5.88. The van der Waals surface area contributed by atoms with Crippen LogP contribution in [0.1, 0.15) is 36.8 Å². The summed E-state index contributed by atoms with van der Waals surface area (Å²) in [5.74, 6) is -0.645. The van der Waals surface area contributed by atoms with Crippen LogP contribution in [0.2, 0.25) is 5.02 Å². The molecule has 2 unspecified atom stereocenters. The summed E-state index contributed by atoms with van der Waals surface area (Å²) < 4.78 is 63.9. The minimum absolute atomic E-state index is 0.179. The minimum atomic E-state index is -4.86. The largest absolute Gasteiger partial charge is 0.417 e. The molecule has 0 radical (unpaired) electrons. The van der Waals surface area contributed by atoms with Gasteiger partial charge in [-0.05, 0) is 50.4 Å². The molecule has 3 atom stereocenters. The first-order valence-corrected chi connectivity index (χ1v) is 15.3. The molecule has 14 heteroatoms. The number of thioether (sulfide) groups is 1. The van der Waals surface area contributed by atoms with Crippen molar-refractivity contribution in [3.63, 3.8) is 0 Å². The lowest BCUT2D eigenvalue weighted by Gasteiger charge is -2.46. The number of alkyl halides is 3. The van der Waals surface area contributed by atoms with Crippen LogP contribution in [0.3, 0.4) is 0 Å². The second kappa shape index (κ2) is 11.4. The molecule has 8 nitrogen and oxygen atoms in total. The third kappa shape index (κ3) is 5.00. The lowest BCUT2D eigenvalue weighted by Crippen LogP contribution is -2.57. The van der Waals surface area contributed by atoms with Crippen LogP contribution in [-0.2, 0) is 15.7 Å². The molecule has 0 N–H and O–H groups in total. The van der Waals surface area contributed by atoms with Crippen LogP contribution in [-0.4, -0.2) is 69.8 Å². The topological polar surface area (TPSA) is 74.2 Å². The lowest BCUT2D eigenvalue weighted by molar-refractivity contribution is -0.137. The molecule has 6 rings (SSSR count). The Labute approximate surface area is 260 Å². The number of benzene rings is 1. The van der Waals surface area contributed by atoms with Crippen molar-refractivity contribution in [3.8, 4) is 11.3 Å². The van der Waals surface area contributed by atoms with Crippen LogP contribution in [0, 0.1) is 5.82 Å². The Kier molecular flexibility index (Phi) is 7.83. The number of nitrogens with zero attached hydrogens (tertiary/aromatic N) is 6. The quantitative estimate of drug-likeness (QED) is 0.179. The van der Waals surface area contributed by atoms with Crippen LogP contribution in [0.4, 0.5) is 29.1 Å². The highest BCUT2D eigenvalue weighted by Gasteiger charge is 2.44. The summed E-state index contributed by atoms with van der Waals surface area (Å²) in [6, 6.07) is 5.84. The van der Waals surface area contributed by atoms with Crippen LogP contribution in [0.25, 0.3) is 11.3 Å². The Hall–Kier alpha value is -3.68. The number of anilines is 2. The number of aliphatic imine (C=N–C) groups is 1. The van der Waals surface area contributed by atoms with Crippen molar-refractivity contribution in [1.29, 1.82) is 0 Å². The summed E-state index contributed by atoms with van der Waals surface area (Å²) in [7, 11) is 0. The number of amidine groups is 1. The van der Waals surface area contributed by atoms with E-state index in [9.17, 15) is 18.0 Å². The number of pyridine rings is 2. The van der Waals surface area contributed by atoms with Gasteiger partial charge < -0.3 is 14.5 Å². The van der Waals surface area contributed by atoms with E-state index in [1.54, 1.807) is 16.0 Å². The van der Waals surface area contributed by atoms with Gasteiger partial charge in [0.2, 0.25) is 12.3 Å². The smallest absolute Gasteiger partial charge is 0.350 e. The predicted molar refractivity (Wildman–Crippen MR) is 161 cm³/mol. The van der Waals surface area contributed by atoms with Gasteiger partial charge in [0.15, 0.2) is 0 Å². The van der Waals surface area contributed by atoms with Gasteiger partial charge in [-0.15, -0.1) is 11.8 Å². The molecule has 44 heavy (non-hydrogen) atoms. The fraction of sp³-hybridized carbons (Fsp3) is 0.333. The zero-order valence-corrected chi connectivity index (χ0v) is 25.5. The summed E-state index contributed by atoms with van der Waals surface area (Å²) in [5.41, 5.74) is -0.632. The lowest BCUT2D eigenvalue weighted by atomic mass is 10.00. The van der Waals surface area contributed by atoms with Crippen molar-refractivity contribution in [2.45, 2.75) is 43.4 Å². The van der Waals surface area contributed by atoms with Gasteiger partial charge in [-0.1, -0.05) is 24.2 Å². The number of rotatable bonds is 3. The van der Waals surface area contributed by atoms with E-state index in [2.05, 4.69) is 16.5 Å². The number of carbonyl (C=O) groups excluding carboxylic acids is 1. The molecule has 3 aromatic rings. The summed E-state index contributed by atoms with van der Waals surface area (Å²) in [4.78, 5) is 32.7. The molecule has 1 aromatic carbocycles. The van der Waals surface area contributed by atoms with E-state index in [1.807, 2.05) is 31.1 Å². The molecule has 0 spiro atoms. The normalized spacial score (nSPS) is 21.3. The molecule has 0 saturated carbocycles. The molecule has 5 heterocycles. The maximum absolute atomic E-state index is 15.2.